The Morgan fingerprint density at radius 3 is 2.58 bits per heavy atom. The summed E-state index contributed by atoms with van der Waals surface area (Å²) in [6.07, 6.45) is 1.62. The number of nitro groups is 1. The molecule has 8 heteroatoms. The third-order valence-electron chi connectivity index (χ3n) is 3.61. The fraction of sp³-hybridized carbons (Fsp3) is 0.111. The summed E-state index contributed by atoms with van der Waals surface area (Å²) in [6.45, 7) is 0. The Hall–Kier alpha value is -3.13. The standard InChI is InChI=1S/C18H16N4O3S/c1-21(2)14-9-8-12(10-15(14)22(24)25)11-16-17(23)20-18(26-16)19-13-6-4-3-5-7-13/h3-11H,1-2H3,(H,19,20,23). The van der Waals surface area contributed by atoms with Crippen LogP contribution in [0, 0.1) is 10.1 Å². The molecule has 0 saturated carbocycles. The summed E-state index contributed by atoms with van der Waals surface area (Å²) >= 11 is 1.20. The van der Waals surface area contributed by atoms with Gasteiger partial charge in [-0.1, -0.05) is 24.3 Å². The number of nitro benzene ring substituents is 1. The number of amidine groups is 1. The molecule has 1 aliphatic rings. The largest absolute Gasteiger partial charge is 0.372 e. The minimum Gasteiger partial charge on any atom is -0.372 e. The van der Waals surface area contributed by atoms with Crippen molar-refractivity contribution in [3.8, 4) is 0 Å². The van der Waals surface area contributed by atoms with Gasteiger partial charge in [-0.25, -0.2) is 4.99 Å². The number of nitrogens with zero attached hydrogens (tertiary/aromatic N) is 3. The van der Waals surface area contributed by atoms with Crippen molar-refractivity contribution < 1.29 is 9.72 Å². The number of hydrogen-bond acceptors (Lipinski definition) is 6. The second-order valence-corrected chi connectivity index (χ2v) is 6.75. The Morgan fingerprint density at radius 2 is 1.92 bits per heavy atom. The van der Waals surface area contributed by atoms with Crippen LogP contribution in [-0.2, 0) is 4.79 Å². The molecular weight excluding hydrogens is 352 g/mol. The summed E-state index contributed by atoms with van der Waals surface area (Å²) in [5.74, 6) is -0.274. The molecule has 1 saturated heterocycles. The lowest BCUT2D eigenvalue weighted by molar-refractivity contribution is -0.384. The van der Waals surface area contributed by atoms with E-state index in [1.807, 2.05) is 30.3 Å². The number of nitrogens with one attached hydrogen (secondary N) is 1. The molecule has 0 aromatic heterocycles. The molecule has 1 heterocycles. The highest BCUT2D eigenvalue weighted by Crippen LogP contribution is 2.31. The van der Waals surface area contributed by atoms with E-state index in [0.717, 1.165) is 5.69 Å². The van der Waals surface area contributed by atoms with Crippen LogP contribution < -0.4 is 10.2 Å². The molecule has 1 N–H and O–H groups in total. The van der Waals surface area contributed by atoms with E-state index in [1.165, 1.54) is 17.8 Å². The summed E-state index contributed by atoms with van der Waals surface area (Å²) < 4.78 is 0. The number of amides is 1. The first-order valence-corrected chi connectivity index (χ1v) is 8.56. The van der Waals surface area contributed by atoms with Crippen LogP contribution in [0.15, 0.2) is 58.4 Å². The van der Waals surface area contributed by atoms with E-state index < -0.39 is 4.92 Å². The fourth-order valence-electron chi connectivity index (χ4n) is 2.41. The molecule has 3 rings (SSSR count). The fourth-order valence-corrected chi connectivity index (χ4v) is 3.25. The maximum Gasteiger partial charge on any atom is 0.293 e. The molecule has 1 fully saturated rings. The average Bonchev–Trinajstić information content (AvgIpc) is 2.94. The molecule has 2 aromatic rings. The molecule has 132 valence electrons. The summed E-state index contributed by atoms with van der Waals surface area (Å²) in [4.78, 5) is 29.5. The molecule has 1 aliphatic heterocycles. The number of carbonyl (C=O) groups excluding carboxylic acids is 1. The van der Waals surface area contributed by atoms with Crippen molar-refractivity contribution in [2.45, 2.75) is 0 Å². The van der Waals surface area contributed by atoms with E-state index in [-0.39, 0.29) is 11.6 Å². The molecule has 0 aliphatic carbocycles. The highest BCUT2D eigenvalue weighted by atomic mass is 32.2. The molecule has 0 bridgehead atoms. The molecular formula is C18H16N4O3S. The highest BCUT2D eigenvalue weighted by molar-refractivity contribution is 8.18. The van der Waals surface area contributed by atoms with Crippen LogP contribution >= 0.6 is 11.8 Å². The Kier molecular flexibility index (Phi) is 5.04. The van der Waals surface area contributed by atoms with Gasteiger partial charge < -0.3 is 10.2 Å². The SMILES string of the molecule is CN(C)c1ccc(C=C2SC(=Nc3ccccc3)NC2=O)cc1[N+](=O)[O-]. The third-order valence-corrected chi connectivity index (χ3v) is 4.52. The molecule has 26 heavy (non-hydrogen) atoms. The number of anilines is 1. The average molecular weight is 368 g/mol. The van der Waals surface area contributed by atoms with Crippen LogP contribution in [0.1, 0.15) is 5.56 Å². The van der Waals surface area contributed by atoms with E-state index in [1.54, 1.807) is 37.2 Å². The topological polar surface area (TPSA) is 87.8 Å². The third kappa shape index (κ3) is 3.92. The van der Waals surface area contributed by atoms with Crippen molar-refractivity contribution in [2.75, 3.05) is 19.0 Å². The Labute approximate surface area is 154 Å². The van der Waals surface area contributed by atoms with E-state index in [2.05, 4.69) is 10.3 Å². The zero-order valence-corrected chi connectivity index (χ0v) is 15.0. The second-order valence-electron chi connectivity index (χ2n) is 5.72. The number of rotatable bonds is 4. The number of para-hydroxylation sites is 1. The number of benzene rings is 2. The zero-order valence-electron chi connectivity index (χ0n) is 14.2. The van der Waals surface area contributed by atoms with Crippen molar-refractivity contribution in [3.05, 3.63) is 69.1 Å². The normalized spacial score (nSPS) is 16.8. The second kappa shape index (κ2) is 7.40. The van der Waals surface area contributed by atoms with Crippen LogP contribution in [0.5, 0.6) is 0 Å². The number of carbonyl (C=O) groups is 1. The predicted octanol–water partition coefficient (Wildman–Crippen LogP) is 3.55. The lowest BCUT2D eigenvalue weighted by Crippen LogP contribution is -2.19. The Balaban J connectivity index is 1.88. The van der Waals surface area contributed by atoms with Crippen molar-refractivity contribution in [2.24, 2.45) is 4.99 Å². The number of hydrogen-bond donors (Lipinski definition) is 1. The summed E-state index contributed by atoms with van der Waals surface area (Å²) in [5, 5.41) is 14.5. The van der Waals surface area contributed by atoms with Crippen molar-refractivity contribution in [1.29, 1.82) is 0 Å². The van der Waals surface area contributed by atoms with Gasteiger partial charge >= 0.3 is 0 Å². The Morgan fingerprint density at radius 1 is 1.19 bits per heavy atom. The molecule has 0 unspecified atom stereocenters. The van der Waals surface area contributed by atoms with Crippen molar-refractivity contribution in [3.63, 3.8) is 0 Å². The quantitative estimate of drug-likeness (QED) is 0.506. The lowest BCUT2D eigenvalue weighted by atomic mass is 10.1. The van der Waals surface area contributed by atoms with Crippen LogP contribution in [-0.4, -0.2) is 30.1 Å². The van der Waals surface area contributed by atoms with E-state index in [4.69, 9.17) is 0 Å². The number of thioether (sulfide) groups is 1. The van der Waals surface area contributed by atoms with Gasteiger partial charge in [-0.15, -0.1) is 0 Å². The molecule has 0 spiro atoms. The minimum atomic E-state index is -0.429. The molecule has 2 aromatic carbocycles. The van der Waals surface area contributed by atoms with E-state index in [9.17, 15) is 14.9 Å². The van der Waals surface area contributed by atoms with Gasteiger partial charge in [-0.3, -0.25) is 14.9 Å². The van der Waals surface area contributed by atoms with E-state index in [0.29, 0.717) is 21.3 Å². The van der Waals surface area contributed by atoms with Crippen molar-refractivity contribution >= 4 is 46.0 Å². The first-order chi connectivity index (χ1) is 12.4. The van der Waals surface area contributed by atoms with Crippen LogP contribution in [0.4, 0.5) is 17.1 Å². The predicted molar refractivity (Wildman–Crippen MR) is 105 cm³/mol. The summed E-state index contributed by atoms with van der Waals surface area (Å²) in [5.41, 5.74) is 1.82. The van der Waals surface area contributed by atoms with Crippen molar-refractivity contribution in [1.82, 2.24) is 5.32 Å². The van der Waals surface area contributed by atoms with Gasteiger partial charge in [-0.05, 0) is 41.6 Å². The molecule has 7 nitrogen and oxygen atoms in total. The maximum absolute atomic E-state index is 12.2. The van der Waals surface area contributed by atoms with Crippen LogP contribution in [0.3, 0.4) is 0 Å². The van der Waals surface area contributed by atoms with Crippen LogP contribution in [0.2, 0.25) is 0 Å². The molecule has 0 atom stereocenters. The van der Waals surface area contributed by atoms with Gasteiger partial charge in [0.25, 0.3) is 11.6 Å². The highest BCUT2D eigenvalue weighted by Gasteiger charge is 2.24. The molecule has 1 amide bonds. The van der Waals surface area contributed by atoms with Crippen LogP contribution in [0.25, 0.3) is 6.08 Å². The van der Waals surface area contributed by atoms with Gasteiger partial charge in [0.1, 0.15) is 5.69 Å². The first-order valence-electron chi connectivity index (χ1n) is 7.74. The Bertz CT molecular complexity index is 923. The zero-order chi connectivity index (χ0) is 18.7. The monoisotopic (exact) mass is 368 g/mol. The van der Waals surface area contributed by atoms with E-state index >= 15 is 0 Å². The first kappa shape index (κ1) is 17.7. The van der Waals surface area contributed by atoms with Gasteiger partial charge in [0.05, 0.1) is 15.5 Å². The van der Waals surface area contributed by atoms with Gasteiger partial charge in [-0.2, -0.15) is 0 Å². The summed E-state index contributed by atoms with van der Waals surface area (Å²) in [6, 6.07) is 14.2. The smallest absolute Gasteiger partial charge is 0.293 e. The lowest BCUT2D eigenvalue weighted by Gasteiger charge is -2.12. The maximum atomic E-state index is 12.2. The van der Waals surface area contributed by atoms with Gasteiger partial charge in [0.15, 0.2) is 5.17 Å². The number of aliphatic imine (C=N–C) groups is 1. The minimum absolute atomic E-state index is 0.00840. The summed E-state index contributed by atoms with van der Waals surface area (Å²) in [7, 11) is 3.49. The van der Waals surface area contributed by atoms with Gasteiger partial charge in [0.2, 0.25) is 0 Å². The van der Waals surface area contributed by atoms with Gasteiger partial charge in [0, 0.05) is 20.2 Å². The molecule has 0 radical (unpaired) electrons.